The maximum atomic E-state index is 13.4. The van der Waals surface area contributed by atoms with Crippen molar-refractivity contribution in [3.63, 3.8) is 0 Å². The van der Waals surface area contributed by atoms with Gasteiger partial charge in [0.05, 0.1) is 25.5 Å². The summed E-state index contributed by atoms with van der Waals surface area (Å²) in [6, 6.07) is 7.60. The van der Waals surface area contributed by atoms with E-state index < -0.39 is 11.5 Å². The number of aromatic nitrogens is 1. The summed E-state index contributed by atoms with van der Waals surface area (Å²) in [6.07, 6.45) is 1.90. The topological polar surface area (TPSA) is 121 Å². The molecular formula is C30H43N3O5S. The molecule has 9 heteroatoms. The van der Waals surface area contributed by atoms with E-state index in [1.807, 2.05) is 52.0 Å². The minimum atomic E-state index is -0.698. The van der Waals surface area contributed by atoms with Gasteiger partial charge in [0.25, 0.3) is 0 Å². The number of anilines is 1. The Bertz CT molecular complexity index is 1210. The van der Waals surface area contributed by atoms with Crippen molar-refractivity contribution in [2.24, 2.45) is 22.2 Å². The molecule has 1 fully saturated rings. The summed E-state index contributed by atoms with van der Waals surface area (Å²) in [5.74, 6) is 0.282. The Kier molecular flexibility index (Phi) is 8.45. The third-order valence-corrected chi connectivity index (χ3v) is 9.90. The Balaban J connectivity index is 1.63. The Morgan fingerprint density at radius 1 is 1.21 bits per heavy atom. The van der Waals surface area contributed by atoms with Crippen molar-refractivity contribution < 1.29 is 24.5 Å². The van der Waals surface area contributed by atoms with Gasteiger partial charge in [-0.15, -0.1) is 11.3 Å². The van der Waals surface area contributed by atoms with E-state index >= 15 is 0 Å². The number of benzene rings is 1. The van der Waals surface area contributed by atoms with Crippen LogP contribution in [0.4, 0.5) is 5.13 Å². The summed E-state index contributed by atoms with van der Waals surface area (Å²) < 4.78 is 5.43. The Labute approximate surface area is 235 Å². The predicted molar refractivity (Wildman–Crippen MR) is 153 cm³/mol. The van der Waals surface area contributed by atoms with E-state index in [4.69, 9.17) is 9.72 Å². The van der Waals surface area contributed by atoms with Crippen LogP contribution < -0.4 is 15.4 Å². The SMILES string of the molecule is COc1ccccc1CNC(=O)CC1c2nc(NC(=O)CC(C)(C)C)sc2CC2C(C)(CO)C(O)CCC12C. The van der Waals surface area contributed by atoms with Crippen LogP contribution in [0.25, 0.3) is 0 Å². The minimum Gasteiger partial charge on any atom is -0.496 e. The Hall–Kier alpha value is -2.49. The standard InChI is InChI=1S/C30H43N3O5S/c1-28(2,3)15-25(37)32-27-33-26-19(13-24(36)31-16-18-9-7-8-10-20(18)38-6)29(4)12-11-23(35)30(5,17-34)22(29)14-21(26)39-27/h7-10,19,22-23,34-35H,11-17H2,1-6H3,(H,31,36)(H,32,33,37). The number of amides is 2. The highest BCUT2D eigenvalue weighted by atomic mass is 32.1. The third-order valence-electron chi connectivity index (χ3n) is 8.89. The largest absolute Gasteiger partial charge is 0.496 e. The first-order chi connectivity index (χ1) is 18.3. The molecule has 4 rings (SSSR count). The second-order valence-corrected chi connectivity index (χ2v) is 14.0. The number of ether oxygens (including phenoxy) is 1. The predicted octanol–water partition coefficient (Wildman–Crippen LogP) is 4.65. The summed E-state index contributed by atoms with van der Waals surface area (Å²) in [5.41, 5.74) is 0.551. The zero-order valence-electron chi connectivity index (χ0n) is 24.0. The molecule has 2 amide bonds. The van der Waals surface area contributed by atoms with Gasteiger partial charge in [-0.1, -0.05) is 52.8 Å². The molecule has 0 bridgehead atoms. The number of rotatable bonds is 8. The number of aliphatic hydroxyl groups excluding tert-OH is 2. The van der Waals surface area contributed by atoms with Crippen LogP contribution in [0.15, 0.2) is 24.3 Å². The molecule has 214 valence electrons. The molecule has 2 aliphatic rings. The molecular weight excluding hydrogens is 514 g/mol. The van der Waals surface area contributed by atoms with Crippen LogP contribution in [-0.2, 0) is 22.6 Å². The van der Waals surface area contributed by atoms with E-state index in [0.717, 1.165) is 28.3 Å². The number of hydrogen-bond acceptors (Lipinski definition) is 7. The summed E-state index contributed by atoms with van der Waals surface area (Å²) >= 11 is 1.45. The average Bonchev–Trinajstić information content (AvgIpc) is 3.27. The lowest BCUT2D eigenvalue weighted by atomic mass is 9.47. The van der Waals surface area contributed by atoms with E-state index in [0.29, 0.717) is 30.9 Å². The van der Waals surface area contributed by atoms with Crippen molar-refractivity contribution in [1.82, 2.24) is 10.3 Å². The first kappa shape index (κ1) is 29.5. The maximum absolute atomic E-state index is 13.4. The molecule has 39 heavy (non-hydrogen) atoms. The second kappa shape index (κ2) is 11.2. The fourth-order valence-electron chi connectivity index (χ4n) is 6.64. The number of aliphatic hydroxyl groups is 2. The van der Waals surface area contributed by atoms with Crippen LogP contribution in [-0.4, -0.2) is 46.8 Å². The zero-order chi connectivity index (χ0) is 28.6. The molecule has 1 heterocycles. The van der Waals surface area contributed by atoms with Gasteiger partial charge in [0.2, 0.25) is 11.8 Å². The van der Waals surface area contributed by atoms with Gasteiger partial charge in [-0.25, -0.2) is 4.98 Å². The van der Waals surface area contributed by atoms with Crippen LogP contribution >= 0.6 is 11.3 Å². The molecule has 0 aliphatic heterocycles. The van der Waals surface area contributed by atoms with Crippen LogP contribution in [0.3, 0.4) is 0 Å². The Morgan fingerprint density at radius 3 is 2.59 bits per heavy atom. The van der Waals surface area contributed by atoms with Gasteiger partial charge in [0.1, 0.15) is 5.75 Å². The van der Waals surface area contributed by atoms with Crippen LogP contribution in [0.5, 0.6) is 5.75 Å². The minimum absolute atomic E-state index is 0.0446. The third kappa shape index (κ3) is 6.00. The van der Waals surface area contributed by atoms with Gasteiger partial charge in [-0.05, 0) is 42.1 Å². The highest BCUT2D eigenvalue weighted by Crippen LogP contribution is 2.62. The number of para-hydroxylation sites is 1. The number of hydrogen-bond donors (Lipinski definition) is 4. The van der Waals surface area contributed by atoms with Gasteiger partial charge in [0.15, 0.2) is 5.13 Å². The van der Waals surface area contributed by atoms with E-state index in [2.05, 4.69) is 17.6 Å². The van der Waals surface area contributed by atoms with Crippen LogP contribution in [0.2, 0.25) is 0 Å². The van der Waals surface area contributed by atoms with Gasteiger partial charge in [-0.2, -0.15) is 0 Å². The van der Waals surface area contributed by atoms with E-state index in [1.165, 1.54) is 11.3 Å². The molecule has 0 spiro atoms. The molecule has 1 aromatic carbocycles. The second-order valence-electron chi connectivity index (χ2n) is 12.9. The number of thiazole rings is 1. The van der Waals surface area contributed by atoms with Gasteiger partial charge in [-0.3, -0.25) is 9.59 Å². The number of carbonyl (C=O) groups is 2. The molecule has 0 radical (unpaired) electrons. The van der Waals surface area contributed by atoms with E-state index in [-0.39, 0.29) is 47.5 Å². The number of methoxy groups -OCH3 is 1. The van der Waals surface area contributed by atoms with Crippen molar-refractivity contribution in [2.75, 3.05) is 19.0 Å². The molecule has 0 saturated heterocycles. The van der Waals surface area contributed by atoms with Gasteiger partial charge >= 0.3 is 0 Å². The van der Waals surface area contributed by atoms with Gasteiger partial charge < -0.3 is 25.6 Å². The average molecular weight is 558 g/mol. The molecule has 5 unspecified atom stereocenters. The molecule has 5 atom stereocenters. The van der Waals surface area contributed by atoms with Crippen molar-refractivity contribution in [1.29, 1.82) is 0 Å². The Morgan fingerprint density at radius 2 is 1.92 bits per heavy atom. The van der Waals surface area contributed by atoms with Gasteiger partial charge in [0, 0.05) is 41.2 Å². The lowest BCUT2D eigenvalue weighted by molar-refractivity contribution is -0.144. The number of nitrogens with one attached hydrogen (secondary N) is 2. The monoisotopic (exact) mass is 557 g/mol. The zero-order valence-corrected chi connectivity index (χ0v) is 24.8. The van der Waals surface area contributed by atoms with Crippen molar-refractivity contribution in [3.05, 3.63) is 40.4 Å². The smallest absolute Gasteiger partial charge is 0.226 e. The summed E-state index contributed by atoms with van der Waals surface area (Å²) in [5, 5.41) is 28.0. The molecule has 1 aromatic heterocycles. The van der Waals surface area contributed by atoms with Crippen LogP contribution in [0, 0.1) is 22.2 Å². The quantitative estimate of drug-likeness (QED) is 0.375. The first-order valence-corrected chi connectivity index (χ1v) is 14.6. The van der Waals surface area contributed by atoms with Crippen LogP contribution in [0.1, 0.15) is 82.4 Å². The van der Waals surface area contributed by atoms with Crippen molar-refractivity contribution >= 4 is 28.3 Å². The number of carbonyl (C=O) groups excluding carboxylic acids is 2. The normalized spacial score (nSPS) is 28.3. The summed E-state index contributed by atoms with van der Waals surface area (Å²) in [4.78, 5) is 32.0. The number of nitrogens with zero attached hydrogens (tertiary/aromatic N) is 1. The first-order valence-electron chi connectivity index (χ1n) is 13.8. The number of fused-ring (bicyclic) bond motifs is 2. The molecule has 1 saturated carbocycles. The maximum Gasteiger partial charge on any atom is 0.226 e. The lowest BCUT2D eigenvalue weighted by Gasteiger charge is -2.58. The lowest BCUT2D eigenvalue weighted by Crippen LogP contribution is -2.57. The highest BCUT2D eigenvalue weighted by molar-refractivity contribution is 7.15. The molecule has 2 aromatic rings. The van der Waals surface area contributed by atoms with Crippen molar-refractivity contribution in [2.45, 2.75) is 85.3 Å². The fourth-order valence-corrected chi connectivity index (χ4v) is 7.73. The molecule has 2 aliphatic carbocycles. The fraction of sp³-hybridized carbons (Fsp3) is 0.633. The summed E-state index contributed by atoms with van der Waals surface area (Å²) in [6.45, 7) is 10.4. The van der Waals surface area contributed by atoms with E-state index in [9.17, 15) is 19.8 Å². The molecule has 8 nitrogen and oxygen atoms in total. The summed E-state index contributed by atoms with van der Waals surface area (Å²) in [7, 11) is 1.61. The van der Waals surface area contributed by atoms with Crippen molar-refractivity contribution in [3.8, 4) is 5.75 Å². The van der Waals surface area contributed by atoms with E-state index in [1.54, 1.807) is 7.11 Å². The highest BCUT2D eigenvalue weighted by Gasteiger charge is 2.59. The molecule has 4 N–H and O–H groups in total.